The fourth-order valence-corrected chi connectivity index (χ4v) is 4.04. The summed E-state index contributed by atoms with van der Waals surface area (Å²) in [7, 11) is 0. The minimum Gasteiger partial charge on any atom is -0.447 e. The average molecular weight is 315 g/mol. The number of ketones is 1. The van der Waals surface area contributed by atoms with Crippen molar-refractivity contribution in [3.05, 3.63) is 35.9 Å². The molecule has 1 heterocycles. The molecule has 0 spiro atoms. The Hall–Kier alpha value is -1.84. The molecule has 23 heavy (non-hydrogen) atoms. The maximum atomic E-state index is 12.4. The number of ether oxygens (including phenoxy) is 1. The van der Waals surface area contributed by atoms with Crippen LogP contribution in [0.15, 0.2) is 30.3 Å². The van der Waals surface area contributed by atoms with Crippen molar-refractivity contribution >= 4 is 11.9 Å². The molecule has 1 saturated heterocycles. The van der Waals surface area contributed by atoms with Crippen molar-refractivity contribution < 1.29 is 14.3 Å². The Kier molecular flexibility index (Phi) is 4.99. The van der Waals surface area contributed by atoms with Gasteiger partial charge in [0.2, 0.25) is 0 Å². The first kappa shape index (κ1) is 16.0. The van der Waals surface area contributed by atoms with Gasteiger partial charge in [-0.1, -0.05) is 43.7 Å². The van der Waals surface area contributed by atoms with Gasteiger partial charge in [-0.05, 0) is 30.7 Å². The number of cyclic esters (lactones) is 1. The first-order chi connectivity index (χ1) is 11.2. The Morgan fingerprint density at radius 3 is 2.74 bits per heavy atom. The molecule has 2 fully saturated rings. The smallest absolute Gasteiger partial charge is 0.410 e. The quantitative estimate of drug-likeness (QED) is 0.786. The van der Waals surface area contributed by atoms with Gasteiger partial charge in [0.15, 0.2) is 0 Å². The number of amides is 1. The van der Waals surface area contributed by atoms with Gasteiger partial charge >= 0.3 is 6.09 Å². The maximum Gasteiger partial charge on any atom is 0.410 e. The summed E-state index contributed by atoms with van der Waals surface area (Å²) in [5.41, 5.74) is 1.11. The number of hydrogen-bond donors (Lipinski definition) is 0. The Morgan fingerprint density at radius 1 is 1.22 bits per heavy atom. The highest BCUT2D eigenvalue weighted by atomic mass is 16.6. The highest BCUT2D eigenvalue weighted by Gasteiger charge is 2.41. The molecule has 0 bridgehead atoms. The largest absolute Gasteiger partial charge is 0.447 e. The molecule has 0 aromatic heterocycles. The van der Waals surface area contributed by atoms with Gasteiger partial charge in [-0.15, -0.1) is 0 Å². The van der Waals surface area contributed by atoms with Crippen molar-refractivity contribution in [3.8, 4) is 0 Å². The SMILES string of the molecule is CC[C@@H]([C@@H]1CCCCC(=O)C1)N1C(=O)OC[C@@H]1c1ccccc1. The summed E-state index contributed by atoms with van der Waals surface area (Å²) in [6.45, 7) is 2.51. The van der Waals surface area contributed by atoms with Crippen molar-refractivity contribution in [1.82, 2.24) is 4.90 Å². The van der Waals surface area contributed by atoms with Gasteiger partial charge in [-0.3, -0.25) is 9.69 Å². The number of benzene rings is 1. The van der Waals surface area contributed by atoms with Crippen molar-refractivity contribution in [2.45, 2.75) is 57.5 Å². The van der Waals surface area contributed by atoms with Crippen molar-refractivity contribution in [2.75, 3.05) is 6.61 Å². The number of rotatable bonds is 4. The molecular formula is C19H25NO3. The molecule has 4 heteroatoms. The first-order valence-electron chi connectivity index (χ1n) is 8.72. The van der Waals surface area contributed by atoms with Crippen LogP contribution in [0, 0.1) is 5.92 Å². The van der Waals surface area contributed by atoms with Crippen LogP contribution in [-0.2, 0) is 9.53 Å². The molecule has 0 N–H and O–H groups in total. The zero-order valence-electron chi connectivity index (χ0n) is 13.7. The van der Waals surface area contributed by atoms with E-state index in [2.05, 4.69) is 6.92 Å². The topological polar surface area (TPSA) is 46.6 Å². The van der Waals surface area contributed by atoms with Crippen LogP contribution in [0.2, 0.25) is 0 Å². The maximum absolute atomic E-state index is 12.4. The molecule has 1 aliphatic heterocycles. The summed E-state index contributed by atoms with van der Waals surface area (Å²) in [5, 5.41) is 0. The summed E-state index contributed by atoms with van der Waals surface area (Å²) in [6.07, 6.45) is 5.00. The second kappa shape index (κ2) is 7.16. The van der Waals surface area contributed by atoms with E-state index >= 15 is 0 Å². The molecular weight excluding hydrogens is 290 g/mol. The van der Waals surface area contributed by atoms with Gasteiger partial charge in [0, 0.05) is 18.9 Å². The van der Waals surface area contributed by atoms with Crippen molar-refractivity contribution in [1.29, 1.82) is 0 Å². The molecule has 3 atom stereocenters. The third-order valence-corrected chi connectivity index (χ3v) is 5.19. The standard InChI is InChI=1S/C19H25NO3/c1-2-17(15-10-6-7-11-16(21)12-15)20-18(13-23-19(20)22)14-8-4-3-5-9-14/h3-5,8-9,15,17-18H,2,6-7,10-13H2,1H3/t15-,17+,18-/m1/s1. The van der Waals surface area contributed by atoms with Crippen molar-refractivity contribution in [3.63, 3.8) is 0 Å². The number of nitrogens with zero attached hydrogens (tertiary/aromatic N) is 1. The molecule has 1 saturated carbocycles. The predicted molar refractivity (Wildman–Crippen MR) is 88.0 cm³/mol. The Balaban J connectivity index is 1.85. The second-order valence-electron chi connectivity index (χ2n) is 6.63. The zero-order chi connectivity index (χ0) is 16.2. The molecule has 1 amide bonds. The number of Topliss-reactive ketones (excluding diaryl/α,β-unsaturated/α-hetero) is 1. The molecule has 1 aliphatic carbocycles. The fourth-order valence-electron chi connectivity index (χ4n) is 4.04. The monoisotopic (exact) mass is 315 g/mol. The lowest BCUT2D eigenvalue weighted by atomic mass is 9.87. The van der Waals surface area contributed by atoms with Crippen LogP contribution in [0.4, 0.5) is 4.79 Å². The molecule has 4 nitrogen and oxygen atoms in total. The lowest BCUT2D eigenvalue weighted by Gasteiger charge is -2.35. The van der Waals surface area contributed by atoms with Crippen LogP contribution in [0.3, 0.4) is 0 Å². The number of carbonyl (C=O) groups excluding carboxylic acids is 2. The van der Waals surface area contributed by atoms with Crippen LogP contribution in [0.5, 0.6) is 0 Å². The van der Waals surface area contributed by atoms with Crippen molar-refractivity contribution in [2.24, 2.45) is 5.92 Å². The molecule has 3 rings (SSSR count). The van der Waals surface area contributed by atoms with Gasteiger partial charge in [0.25, 0.3) is 0 Å². The fraction of sp³-hybridized carbons (Fsp3) is 0.579. The molecule has 2 aliphatic rings. The van der Waals surface area contributed by atoms with E-state index in [4.69, 9.17) is 4.74 Å². The van der Waals surface area contributed by atoms with E-state index in [9.17, 15) is 9.59 Å². The molecule has 124 valence electrons. The van der Waals surface area contributed by atoms with Crippen LogP contribution >= 0.6 is 0 Å². The second-order valence-corrected chi connectivity index (χ2v) is 6.63. The van der Waals surface area contributed by atoms with E-state index in [0.717, 1.165) is 31.2 Å². The normalized spacial score (nSPS) is 26.7. The summed E-state index contributed by atoms with van der Waals surface area (Å²) in [6, 6.07) is 10.1. The van der Waals surface area contributed by atoms with Crippen LogP contribution < -0.4 is 0 Å². The minimum atomic E-state index is -0.234. The number of carbonyl (C=O) groups is 2. The van der Waals surface area contributed by atoms with Crippen LogP contribution in [0.25, 0.3) is 0 Å². The Labute approximate surface area is 137 Å². The van der Waals surface area contributed by atoms with Gasteiger partial charge < -0.3 is 4.74 Å². The van der Waals surface area contributed by atoms with Crippen LogP contribution in [-0.4, -0.2) is 29.4 Å². The van der Waals surface area contributed by atoms with E-state index in [1.807, 2.05) is 35.2 Å². The van der Waals surface area contributed by atoms with Crippen LogP contribution in [0.1, 0.15) is 57.1 Å². The summed E-state index contributed by atoms with van der Waals surface area (Å²) in [5.74, 6) is 0.599. The summed E-state index contributed by atoms with van der Waals surface area (Å²) >= 11 is 0. The Bertz CT molecular complexity index is 557. The third-order valence-electron chi connectivity index (χ3n) is 5.19. The van der Waals surface area contributed by atoms with Gasteiger partial charge in [-0.2, -0.15) is 0 Å². The van der Waals surface area contributed by atoms with E-state index in [0.29, 0.717) is 25.2 Å². The van der Waals surface area contributed by atoms with E-state index in [1.54, 1.807) is 0 Å². The first-order valence-corrected chi connectivity index (χ1v) is 8.72. The molecule has 1 aromatic rings. The summed E-state index contributed by atoms with van der Waals surface area (Å²) < 4.78 is 5.37. The number of hydrogen-bond acceptors (Lipinski definition) is 3. The summed E-state index contributed by atoms with van der Waals surface area (Å²) in [4.78, 5) is 26.3. The van der Waals surface area contributed by atoms with E-state index in [1.165, 1.54) is 0 Å². The van der Waals surface area contributed by atoms with Gasteiger partial charge in [0.05, 0.1) is 6.04 Å². The lowest BCUT2D eigenvalue weighted by molar-refractivity contribution is -0.120. The highest BCUT2D eigenvalue weighted by molar-refractivity contribution is 5.79. The molecule has 1 aromatic carbocycles. The predicted octanol–water partition coefficient (Wildman–Crippen LogP) is 4.11. The zero-order valence-corrected chi connectivity index (χ0v) is 13.7. The lowest BCUT2D eigenvalue weighted by Crippen LogP contribution is -2.43. The Morgan fingerprint density at radius 2 is 2.00 bits per heavy atom. The van der Waals surface area contributed by atoms with E-state index in [-0.39, 0.29) is 24.1 Å². The minimum absolute atomic E-state index is 0.0352. The average Bonchev–Trinajstić information content (AvgIpc) is 2.80. The van der Waals surface area contributed by atoms with E-state index < -0.39 is 0 Å². The van der Waals surface area contributed by atoms with Gasteiger partial charge in [0.1, 0.15) is 12.4 Å². The molecule has 0 radical (unpaired) electrons. The highest BCUT2D eigenvalue weighted by Crippen LogP contribution is 2.36. The van der Waals surface area contributed by atoms with Gasteiger partial charge in [-0.25, -0.2) is 4.79 Å². The third kappa shape index (κ3) is 3.41. The molecule has 0 unspecified atom stereocenters.